The quantitative estimate of drug-likeness (QED) is 0.0246. The predicted octanol–water partition coefficient (Wildman–Crippen LogP) is 12.6. The Morgan fingerprint density at radius 1 is 0.386 bits per heavy atom. The molecule has 0 aromatic rings. The number of carbonyl (C=O) groups is 5. The van der Waals surface area contributed by atoms with Crippen molar-refractivity contribution in [2.45, 2.75) is 213 Å². The molecule has 70 heavy (non-hydrogen) atoms. The van der Waals surface area contributed by atoms with Crippen molar-refractivity contribution in [2.24, 2.45) is 0 Å². The maximum atomic E-state index is 12.6. The lowest BCUT2D eigenvalue weighted by atomic mass is 10.1. The van der Waals surface area contributed by atoms with E-state index in [0.29, 0.717) is 45.3 Å². The van der Waals surface area contributed by atoms with Gasteiger partial charge in [-0.05, 0) is 130 Å². The number of hydrogen-bond acceptors (Lipinski definition) is 13. The lowest BCUT2D eigenvalue weighted by molar-refractivity contribution is -0.157. The molecule has 0 N–H and O–H groups in total. The highest BCUT2D eigenvalue weighted by molar-refractivity contribution is 5.74. The summed E-state index contributed by atoms with van der Waals surface area (Å²) >= 11 is 0. The Labute approximate surface area is 425 Å². The van der Waals surface area contributed by atoms with Gasteiger partial charge in [0.2, 0.25) is 0 Å². The van der Waals surface area contributed by atoms with Gasteiger partial charge in [0.1, 0.15) is 32.5 Å². The number of carbonyl (C=O) groups excluding carboxylic acids is 5. The van der Waals surface area contributed by atoms with Crippen molar-refractivity contribution >= 4 is 29.8 Å². The molecule has 0 aromatic carbocycles. The molecular formula is C57H99NO12. The number of hydrogen-bond donors (Lipinski definition) is 0. The summed E-state index contributed by atoms with van der Waals surface area (Å²) in [6, 6.07) is 0. The number of unbranched alkanes of at least 4 members (excludes halogenated alkanes) is 18. The highest BCUT2D eigenvalue weighted by Crippen LogP contribution is 2.14. The van der Waals surface area contributed by atoms with Crippen LogP contribution in [0.25, 0.3) is 0 Å². The third kappa shape index (κ3) is 52.0. The molecule has 0 heterocycles. The van der Waals surface area contributed by atoms with Crippen LogP contribution in [0.2, 0.25) is 0 Å². The summed E-state index contributed by atoms with van der Waals surface area (Å²) < 4.78 is 37.1. The Morgan fingerprint density at radius 3 is 1.07 bits per heavy atom. The Kier molecular flexibility index (Phi) is 50.1. The van der Waals surface area contributed by atoms with E-state index in [0.717, 1.165) is 70.8 Å². The van der Waals surface area contributed by atoms with Crippen molar-refractivity contribution in [3.63, 3.8) is 0 Å². The average Bonchev–Trinajstić information content (AvgIpc) is 3.33. The van der Waals surface area contributed by atoms with Gasteiger partial charge in [0.25, 0.3) is 0 Å². The number of allylic oxidation sites excluding steroid dienone is 8. The SMILES string of the molecule is CCCCCC=CCC=CCCCCCCCCOC(=O)COCC(=O)OCCCC(CCCOC(=O)COCC(=O)OCCCCCCCCC=CCC=CCCCCC)OC(=O)CCCN(C)C. The van der Waals surface area contributed by atoms with Crippen molar-refractivity contribution in [3.8, 4) is 0 Å². The van der Waals surface area contributed by atoms with Crippen LogP contribution in [0.15, 0.2) is 48.6 Å². The average molecular weight is 990 g/mol. The second kappa shape index (κ2) is 53.0. The molecule has 0 aromatic heterocycles. The van der Waals surface area contributed by atoms with E-state index in [1.54, 1.807) is 0 Å². The standard InChI is InChI=1S/C57H99NO12/c1-5-7-9-11-13-15-17-19-21-23-25-27-29-31-33-35-44-66-54(60)48-64-50-56(62)68-46-38-40-52(70-53(59)42-37-43-58(3)4)41-39-47-69-57(63)51-65-49-55(61)67-45-36-34-32-30-28-26-24-22-20-18-16-14-12-10-8-6-2/h13-16,19-22,52H,5-12,17-18,23-51H2,1-4H3. The minimum Gasteiger partial charge on any atom is -0.464 e. The van der Waals surface area contributed by atoms with E-state index in [1.807, 2.05) is 19.0 Å². The molecule has 0 radical (unpaired) electrons. The number of ether oxygens (including phenoxy) is 7. The number of rotatable bonds is 51. The number of nitrogens with zero attached hydrogens (tertiary/aromatic N) is 1. The van der Waals surface area contributed by atoms with Crippen molar-refractivity contribution in [1.29, 1.82) is 0 Å². The van der Waals surface area contributed by atoms with E-state index in [1.165, 1.54) is 89.9 Å². The first-order chi connectivity index (χ1) is 34.2. The molecule has 0 aliphatic heterocycles. The monoisotopic (exact) mass is 990 g/mol. The van der Waals surface area contributed by atoms with Crippen molar-refractivity contribution < 1.29 is 57.1 Å². The molecule has 0 amide bonds. The van der Waals surface area contributed by atoms with Crippen LogP contribution in [-0.4, -0.2) is 114 Å². The number of esters is 5. The van der Waals surface area contributed by atoms with Crippen LogP contribution < -0.4 is 0 Å². The largest absolute Gasteiger partial charge is 0.464 e. The summed E-state index contributed by atoms with van der Waals surface area (Å²) in [4.78, 5) is 63.0. The summed E-state index contributed by atoms with van der Waals surface area (Å²) in [5.74, 6) is -2.57. The van der Waals surface area contributed by atoms with E-state index in [4.69, 9.17) is 33.2 Å². The normalized spacial score (nSPS) is 12.2. The molecule has 0 unspecified atom stereocenters. The summed E-state index contributed by atoms with van der Waals surface area (Å²) in [5.41, 5.74) is 0. The van der Waals surface area contributed by atoms with E-state index in [-0.39, 0.29) is 52.0 Å². The van der Waals surface area contributed by atoms with Gasteiger partial charge in [-0.25, -0.2) is 19.2 Å². The van der Waals surface area contributed by atoms with E-state index >= 15 is 0 Å². The maximum Gasteiger partial charge on any atom is 0.332 e. The highest BCUT2D eigenvalue weighted by atomic mass is 16.6. The van der Waals surface area contributed by atoms with Crippen LogP contribution in [0.5, 0.6) is 0 Å². The minimum absolute atomic E-state index is 0.0832. The van der Waals surface area contributed by atoms with Crippen LogP contribution in [0.3, 0.4) is 0 Å². The molecule has 0 atom stereocenters. The zero-order chi connectivity index (χ0) is 51.2. The van der Waals surface area contributed by atoms with Crippen LogP contribution in [0.1, 0.15) is 206 Å². The fraction of sp³-hybridized carbons (Fsp3) is 0.772. The zero-order valence-corrected chi connectivity index (χ0v) is 44.6. The molecule has 13 heteroatoms. The molecule has 13 nitrogen and oxygen atoms in total. The van der Waals surface area contributed by atoms with E-state index in [2.05, 4.69) is 62.5 Å². The predicted molar refractivity (Wildman–Crippen MR) is 280 cm³/mol. The second-order valence-electron chi connectivity index (χ2n) is 18.3. The second-order valence-corrected chi connectivity index (χ2v) is 18.3. The topological polar surface area (TPSA) is 153 Å². The molecule has 0 saturated carbocycles. The highest BCUT2D eigenvalue weighted by Gasteiger charge is 2.16. The molecule has 0 rings (SSSR count). The summed E-state index contributed by atoms with van der Waals surface area (Å²) in [6.07, 6.45) is 47.6. The van der Waals surface area contributed by atoms with Gasteiger partial charge in [0.15, 0.2) is 0 Å². The third-order valence-electron chi connectivity index (χ3n) is 11.2. The maximum absolute atomic E-state index is 12.6. The van der Waals surface area contributed by atoms with E-state index < -0.39 is 30.0 Å². The molecule has 0 aliphatic carbocycles. The fourth-order valence-corrected chi connectivity index (χ4v) is 7.20. The van der Waals surface area contributed by atoms with Gasteiger partial charge in [0.05, 0.1) is 26.4 Å². The molecule has 0 bridgehead atoms. The zero-order valence-electron chi connectivity index (χ0n) is 44.6. The molecule has 0 saturated heterocycles. The summed E-state index contributed by atoms with van der Waals surface area (Å²) in [5, 5.41) is 0. The van der Waals surface area contributed by atoms with Gasteiger partial charge in [-0.3, -0.25) is 4.79 Å². The first-order valence-electron chi connectivity index (χ1n) is 27.4. The van der Waals surface area contributed by atoms with Gasteiger partial charge in [-0.1, -0.05) is 140 Å². The van der Waals surface area contributed by atoms with Crippen molar-refractivity contribution in [3.05, 3.63) is 48.6 Å². The lowest BCUT2D eigenvalue weighted by Gasteiger charge is -2.18. The van der Waals surface area contributed by atoms with Crippen LogP contribution in [-0.2, 0) is 57.1 Å². The third-order valence-corrected chi connectivity index (χ3v) is 11.2. The lowest BCUT2D eigenvalue weighted by Crippen LogP contribution is -2.22. The van der Waals surface area contributed by atoms with Gasteiger partial charge in [0, 0.05) is 6.42 Å². The Hall–Kier alpha value is -3.81. The first-order valence-corrected chi connectivity index (χ1v) is 27.4. The molecule has 404 valence electrons. The van der Waals surface area contributed by atoms with Gasteiger partial charge >= 0.3 is 29.8 Å². The van der Waals surface area contributed by atoms with Crippen LogP contribution >= 0.6 is 0 Å². The molecule has 0 spiro atoms. The summed E-state index contributed by atoms with van der Waals surface area (Å²) in [7, 11) is 3.87. The molecule has 0 aliphatic rings. The van der Waals surface area contributed by atoms with Crippen LogP contribution in [0.4, 0.5) is 0 Å². The molecule has 0 fully saturated rings. The van der Waals surface area contributed by atoms with Gasteiger partial charge < -0.3 is 38.1 Å². The fourth-order valence-electron chi connectivity index (χ4n) is 7.20. The smallest absolute Gasteiger partial charge is 0.332 e. The first kappa shape index (κ1) is 66.2. The van der Waals surface area contributed by atoms with Gasteiger partial charge in [-0.2, -0.15) is 0 Å². The Balaban J connectivity index is 4.09. The summed E-state index contributed by atoms with van der Waals surface area (Å²) in [6.45, 7) is 4.61. The van der Waals surface area contributed by atoms with Crippen LogP contribution in [0, 0.1) is 0 Å². The Morgan fingerprint density at radius 2 is 0.714 bits per heavy atom. The van der Waals surface area contributed by atoms with Gasteiger partial charge in [-0.15, -0.1) is 0 Å². The molecular weight excluding hydrogens is 891 g/mol. The van der Waals surface area contributed by atoms with E-state index in [9.17, 15) is 24.0 Å². The minimum atomic E-state index is -0.607. The van der Waals surface area contributed by atoms with Crippen molar-refractivity contribution in [1.82, 2.24) is 4.90 Å². The Bertz CT molecular complexity index is 1290. The van der Waals surface area contributed by atoms with Crippen molar-refractivity contribution in [2.75, 3.05) is 73.5 Å².